The number of pyridine rings is 1. The second-order valence-corrected chi connectivity index (χ2v) is 5.72. The van der Waals surface area contributed by atoms with E-state index in [-0.39, 0.29) is 0 Å². The van der Waals surface area contributed by atoms with Crippen LogP contribution < -0.4 is 5.56 Å². The number of fused-ring (bicyclic) bond motifs is 1. The highest BCUT2D eigenvalue weighted by molar-refractivity contribution is 5.82. The van der Waals surface area contributed by atoms with E-state index in [4.69, 9.17) is 0 Å². The second-order valence-electron chi connectivity index (χ2n) is 5.72. The number of nitrogens with zero attached hydrogens (tertiary/aromatic N) is 1. The van der Waals surface area contributed by atoms with Crippen LogP contribution in [0.25, 0.3) is 10.8 Å². The third-order valence-corrected chi connectivity index (χ3v) is 4.23. The zero-order chi connectivity index (χ0) is 15.2. The Morgan fingerprint density at radius 2 is 2.05 bits per heavy atom. The molecular formula is C16H16F3NO. The zero-order valence-corrected chi connectivity index (χ0v) is 11.7. The Kier molecular flexibility index (Phi) is 3.30. The lowest BCUT2D eigenvalue weighted by Gasteiger charge is -2.10. The molecule has 0 spiro atoms. The minimum absolute atomic E-state index is 0.376. The summed E-state index contributed by atoms with van der Waals surface area (Å²) in [5.41, 5.74) is 0.497. The monoisotopic (exact) mass is 295 g/mol. The molecule has 0 saturated heterocycles. The van der Waals surface area contributed by atoms with E-state index >= 15 is 0 Å². The van der Waals surface area contributed by atoms with E-state index in [1.54, 1.807) is 12.1 Å². The molecule has 0 aliphatic heterocycles. The lowest BCUT2D eigenvalue weighted by atomic mass is 10.0. The van der Waals surface area contributed by atoms with Gasteiger partial charge in [-0.25, -0.2) is 0 Å². The average Bonchev–Trinajstić information content (AvgIpc) is 3.20. The highest BCUT2D eigenvalue weighted by Gasteiger charge is 2.36. The van der Waals surface area contributed by atoms with Gasteiger partial charge in [0.05, 0.1) is 0 Å². The zero-order valence-electron chi connectivity index (χ0n) is 11.7. The number of alkyl halides is 3. The molecule has 0 N–H and O–H groups in total. The molecule has 0 radical (unpaired) electrons. The molecule has 112 valence electrons. The first-order chi connectivity index (χ1) is 9.89. The van der Waals surface area contributed by atoms with Crippen LogP contribution in [0, 0.1) is 5.92 Å². The first kappa shape index (κ1) is 14.2. The van der Waals surface area contributed by atoms with Gasteiger partial charge < -0.3 is 4.57 Å². The van der Waals surface area contributed by atoms with Gasteiger partial charge in [-0.1, -0.05) is 25.5 Å². The minimum atomic E-state index is -4.39. The molecule has 0 unspecified atom stereocenters. The molecular weight excluding hydrogens is 279 g/mol. The molecule has 1 heterocycles. The van der Waals surface area contributed by atoms with Crippen molar-refractivity contribution < 1.29 is 13.2 Å². The first-order valence-corrected chi connectivity index (χ1v) is 7.09. The Bertz CT molecular complexity index is 732. The fraction of sp³-hybridized carbons (Fsp3) is 0.438. The number of aromatic nitrogens is 1. The summed E-state index contributed by atoms with van der Waals surface area (Å²) in [6.45, 7) is 0.884. The molecule has 1 aliphatic rings. The summed E-state index contributed by atoms with van der Waals surface area (Å²) in [6.07, 6.45) is -0.982. The Balaban J connectivity index is 2.03. The van der Waals surface area contributed by atoms with Crippen molar-refractivity contribution in [3.8, 4) is 0 Å². The summed E-state index contributed by atoms with van der Waals surface area (Å²) in [7, 11) is 0. The summed E-state index contributed by atoms with van der Waals surface area (Å²) < 4.78 is 38.2. The van der Waals surface area contributed by atoms with Crippen LogP contribution in [-0.4, -0.2) is 10.7 Å². The van der Waals surface area contributed by atoms with Crippen molar-refractivity contribution in [2.45, 2.75) is 38.4 Å². The maximum Gasteiger partial charge on any atom is 0.406 e. The first-order valence-electron chi connectivity index (χ1n) is 7.09. The fourth-order valence-electron chi connectivity index (χ4n) is 2.95. The van der Waals surface area contributed by atoms with E-state index < -0.39 is 18.3 Å². The van der Waals surface area contributed by atoms with E-state index in [1.807, 2.05) is 12.1 Å². The lowest BCUT2D eigenvalue weighted by Crippen LogP contribution is -2.27. The Labute approximate surface area is 120 Å². The van der Waals surface area contributed by atoms with Gasteiger partial charge in [0.1, 0.15) is 6.54 Å². The molecule has 0 bridgehead atoms. The fourth-order valence-corrected chi connectivity index (χ4v) is 2.95. The molecule has 21 heavy (non-hydrogen) atoms. The van der Waals surface area contributed by atoms with E-state index in [1.165, 1.54) is 6.20 Å². The number of hydrogen-bond acceptors (Lipinski definition) is 1. The third-order valence-electron chi connectivity index (χ3n) is 4.23. The van der Waals surface area contributed by atoms with Crippen molar-refractivity contribution in [1.29, 1.82) is 0 Å². The summed E-state index contributed by atoms with van der Waals surface area (Å²) in [4.78, 5) is 12.2. The van der Waals surface area contributed by atoms with Crippen molar-refractivity contribution >= 4 is 10.8 Å². The molecule has 2 atom stereocenters. The van der Waals surface area contributed by atoms with Gasteiger partial charge in [-0.15, -0.1) is 0 Å². The lowest BCUT2D eigenvalue weighted by molar-refractivity contribution is -0.141. The second kappa shape index (κ2) is 4.90. The number of halogens is 3. The topological polar surface area (TPSA) is 22.0 Å². The number of rotatable bonds is 3. The Morgan fingerprint density at radius 3 is 2.67 bits per heavy atom. The summed E-state index contributed by atoms with van der Waals surface area (Å²) in [6, 6.07) is 7.15. The van der Waals surface area contributed by atoms with Crippen LogP contribution in [0.15, 0.2) is 35.3 Å². The van der Waals surface area contributed by atoms with E-state index in [0.29, 0.717) is 22.6 Å². The van der Waals surface area contributed by atoms with Crippen LogP contribution in [0.3, 0.4) is 0 Å². The predicted molar refractivity (Wildman–Crippen MR) is 75.4 cm³/mol. The molecule has 2 aromatic rings. The van der Waals surface area contributed by atoms with Gasteiger partial charge in [0, 0.05) is 11.6 Å². The van der Waals surface area contributed by atoms with Gasteiger partial charge in [0.25, 0.3) is 5.56 Å². The molecule has 1 aromatic heterocycles. The molecule has 5 heteroatoms. The van der Waals surface area contributed by atoms with Crippen molar-refractivity contribution in [2.75, 3.05) is 0 Å². The van der Waals surface area contributed by atoms with Crippen LogP contribution in [0.1, 0.15) is 31.2 Å². The molecule has 1 fully saturated rings. The molecule has 1 aromatic carbocycles. The molecule has 1 saturated carbocycles. The molecule has 2 nitrogen and oxygen atoms in total. The minimum Gasteiger partial charge on any atom is -0.306 e. The van der Waals surface area contributed by atoms with Gasteiger partial charge >= 0.3 is 6.18 Å². The highest BCUT2D eigenvalue weighted by Crippen LogP contribution is 2.49. The largest absolute Gasteiger partial charge is 0.406 e. The normalized spacial score (nSPS) is 21.7. The maximum atomic E-state index is 12.5. The summed E-state index contributed by atoms with van der Waals surface area (Å²) in [5.74, 6) is 1.10. The summed E-state index contributed by atoms with van der Waals surface area (Å²) >= 11 is 0. The quantitative estimate of drug-likeness (QED) is 0.836. The van der Waals surface area contributed by atoms with Gasteiger partial charge in [0.2, 0.25) is 0 Å². The number of benzene rings is 1. The van der Waals surface area contributed by atoms with E-state index in [0.717, 1.165) is 23.0 Å². The third kappa shape index (κ3) is 2.82. The standard InChI is InChI=1S/C16H16F3NO/c1-2-10-7-13(10)12-4-3-11-5-6-20(9-16(17,18)19)15(21)14(11)8-12/h3-6,8,10,13H,2,7,9H2,1H3/t10-,13-/m0/s1. The highest BCUT2D eigenvalue weighted by atomic mass is 19.4. The predicted octanol–water partition coefficient (Wildman–Crippen LogP) is 4.08. The molecule has 0 amide bonds. The Morgan fingerprint density at radius 1 is 1.29 bits per heavy atom. The van der Waals surface area contributed by atoms with E-state index in [2.05, 4.69) is 6.92 Å². The average molecular weight is 295 g/mol. The van der Waals surface area contributed by atoms with Crippen LogP contribution in [-0.2, 0) is 6.54 Å². The molecule has 1 aliphatic carbocycles. The van der Waals surface area contributed by atoms with Gasteiger partial charge in [-0.3, -0.25) is 4.79 Å². The van der Waals surface area contributed by atoms with Crippen LogP contribution in [0.4, 0.5) is 13.2 Å². The Hall–Kier alpha value is -1.78. The smallest absolute Gasteiger partial charge is 0.306 e. The van der Waals surface area contributed by atoms with Gasteiger partial charge in [0.15, 0.2) is 0 Å². The van der Waals surface area contributed by atoms with Crippen molar-refractivity contribution in [3.05, 3.63) is 46.4 Å². The van der Waals surface area contributed by atoms with Gasteiger partial charge in [-0.05, 0) is 41.3 Å². The van der Waals surface area contributed by atoms with Crippen LogP contribution >= 0.6 is 0 Å². The van der Waals surface area contributed by atoms with Crippen molar-refractivity contribution in [2.24, 2.45) is 5.92 Å². The van der Waals surface area contributed by atoms with Crippen molar-refractivity contribution in [3.63, 3.8) is 0 Å². The van der Waals surface area contributed by atoms with Crippen molar-refractivity contribution in [1.82, 2.24) is 4.57 Å². The van der Waals surface area contributed by atoms with Gasteiger partial charge in [-0.2, -0.15) is 13.2 Å². The number of hydrogen-bond donors (Lipinski definition) is 0. The SMILES string of the molecule is CC[C@H]1C[C@@H]1c1ccc2ccn(CC(F)(F)F)c(=O)c2c1. The van der Waals surface area contributed by atoms with Crippen LogP contribution in [0.2, 0.25) is 0 Å². The molecule has 3 rings (SSSR count). The van der Waals surface area contributed by atoms with Crippen LogP contribution in [0.5, 0.6) is 0 Å². The van der Waals surface area contributed by atoms with E-state index in [9.17, 15) is 18.0 Å². The maximum absolute atomic E-state index is 12.5. The summed E-state index contributed by atoms with van der Waals surface area (Å²) in [5, 5.41) is 1.07.